The molecule has 0 unspecified atom stereocenters. The van der Waals surface area contributed by atoms with Crippen LogP contribution in [0.5, 0.6) is 11.5 Å². The Hall–Kier alpha value is -3.09. The Morgan fingerprint density at radius 1 is 1.11 bits per heavy atom. The SMILES string of the molecule is CCCCN(C)C(=O)c1cc(C(=O)NCc2ccc(OC)c(OC)c2)ccn1. The van der Waals surface area contributed by atoms with Crippen LogP contribution in [0, 0.1) is 0 Å². The van der Waals surface area contributed by atoms with Crippen molar-refractivity contribution in [2.24, 2.45) is 0 Å². The van der Waals surface area contributed by atoms with Crippen molar-refractivity contribution < 1.29 is 19.1 Å². The maximum absolute atomic E-state index is 12.5. The number of hydrogen-bond acceptors (Lipinski definition) is 5. The van der Waals surface area contributed by atoms with Crippen LogP contribution < -0.4 is 14.8 Å². The second-order valence-electron chi connectivity index (χ2n) is 6.38. The number of carbonyl (C=O) groups is 2. The van der Waals surface area contributed by atoms with Gasteiger partial charge in [-0.2, -0.15) is 0 Å². The molecule has 0 aliphatic rings. The van der Waals surface area contributed by atoms with Crippen LogP contribution >= 0.6 is 0 Å². The Bertz CT molecular complexity index is 823. The van der Waals surface area contributed by atoms with E-state index in [1.807, 2.05) is 12.1 Å². The lowest BCUT2D eigenvalue weighted by Crippen LogP contribution is -2.29. The smallest absolute Gasteiger partial charge is 0.272 e. The third kappa shape index (κ3) is 5.45. The van der Waals surface area contributed by atoms with Gasteiger partial charge in [0.1, 0.15) is 5.69 Å². The number of hydrogen-bond donors (Lipinski definition) is 1. The molecule has 2 amide bonds. The van der Waals surface area contributed by atoms with Crippen molar-refractivity contribution in [3.8, 4) is 11.5 Å². The molecule has 28 heavy (non-hydrogen) atoms. The highest BCUT2D eigenvalue weighted by atomic mass is 16.5. The molecule has 0 aliphatic carbocycles. The fraction of sp³-hybridized carbons (Fsp3) is 0.381. The molecule has 0 saturated carbocycles. The molecule has 0 radical (unpaired) electrons. The van der Waals surface area contributed by atoms with E-state index in [-0.39, 0.29) is 17.5 Å². The molecule has 1 aromatic carbocycles. The highest BCUT2D eigenvalue weighted by Crippen LogP contribution is 2.27. The van der Waals surface area contributed by atoms with Crippen molar-refractivity contribution in [3.63, 3.8) is 0 Å². The second-order valence-corrected chi connectivity index (χ2v) is 6.38. The average molecular weight is 385 g/mol. The number of amides is 2. The fourth-order valence-electron chi connectivity index (χ4n) is 2.66. The van der Waals surface area contributed by atoms with E-state index < -0.39 is 0 Å². The summed E-state index contributed by atoms with van der Waals surface area (Å²) in [5.74, 6) is 0.758. The number of rotatable bonds is 9. The molecule has 7 nitrogen and oxygen atoms in total. The second kappa shape index (κ2) is 10.3. The van der Waals surface area contributed by atoms with Crippen LogP contribution in [0.1, 0.15) is 46.2 Å². The van der Waals surface area contributed by atoms with Crippen molar-refractivity contribution in [1.29, 1.82) is 0 Å². The van der Waals surface area contributed by atoms with E-state index in [0.29, 0.717) is 30.2 Å². The molecule has 0 spiro atoms. The maximum Gasteiger partial charge on any atom is 0.272 e. The first-order valence-corrected chi connectivity index (χ1v) is 9.20. The summed E-state index contributed by atoms with van der Waals surface area (Å²) in [6.45, 7) is 3.05. The van der Waals surface area contributed by atoms with Crippen molar-refractivity contribution in [3.05, 3.63) is 53.3 Å². The summed E-state index contributed by atoms with van der Waals surface area (Å²) < 4.78 is 10.5. The lowest BCUT2D eigenvalue weighted by atomic mass is 10.1. The molecule has 2 rings (SSSR count). The van der Waals surface area contributed by atoms with Crippen LogP contribution in [0.3, 0.4) is 0 Å². The monoisotopic (exact) mass is 385 g/mol. The highest BCUT2D eigenvalue weighted by Gasteiger charge is 2.15. The van der Waals surface area contributed by atoms with Gasteiger partial charge in [0.25, 0.3) is 11.8 Å². The molecule has 1 aromatic heterocycles. The molecular weight excluding hydrogens is 358 g/mol. The maximum atomic E-state index is 12.5. The molecular formula is C21H27N3O4. The average Bonchev–Trinajstić information content (AvgIpc) is 2.74. The molecule has 1 heterocycles. The normalized spacial score (nSPS) is 10.3. The number of aromatic nitrogens is 1. The third-order valence-corrected chi connectivity index (χ3v) is 4.34. The van der Waals surface area contributed by atoms with E-state index in [1.165, 1.54) is 12.3 Å². The number of carbonyl (C=O) groups excluding carboxylic acids is 2. The first-order valence-electron chi connectivity index (χ1n) is 9.20. The quantitative estimate of drug-likeness (QED) is 0.718. The molecule has 0 saturated heterocycles. The Kier molecular flexibility index (Phi) is 7.80. The molecule has 150 valence electrons. The zero-order valence-corrected chi connectivity index (χ0v) is 16.8. The van der Waals surface area contributed by atoms with Gasteiger partial charge in [0.15, 0.2) is 11.5 Å². The van der Waals surface area contributed by atoms with Gasteiger partial charge in [-0.15, -0.1) is 0 Å². The van der Waals surface area contributed by atoms with Gasteiger partial charge < -0.3 is 19.7 Å². The Morgan fingerprint density at radius 3 is 2.54 bits per heavy atom. The lowest BCUT2D eigenvalue weighted by Gasteiger charge is -2.16. The standard InChI is InChI=1S/C21H27N3O4/c1-5-6-11-24(2)21(26)17-13-16(9-10-22-17)20(25)23-14-15-7-8-18(27-3)19(12-15)28-4/h7-10,12-13H,5-6,11,14H2,1-4H3,(H,23,25). The summed E-state index contributed by atoms with van der Waals surface area (Å²) >= 11 is 0. The summed E-state index contributed by atoms with van der Waals surface area (Å²) in [7, 11) is 4.87. The lowest BCUT2D eigenvalue weighted by molar-refractivity contribution is 0.0787. The molecule has 7 heteroatoms. The molecule has 0 bridgehead atoms. The molecule has 2 aromatic rings. The molecule has 0 aliphatic heterocycles. The van der Waals surface area contributed by atoms with Gasteiger partial charge >= 0.3 is 0 Å². The van der Waals surface area contributed by atoms with E-state index in [9.17, 15) is 9.59 Å². The molecule has 0 fully saturated rings. The topological polar surface area (TPSA) is 80.8 Å². The van der Waals surface area contributed by atoms with E-state index >= 15 is 0 Å². The van der Waals surface area contributed by atoms with Crippen LogP contribution in [-0.2, 0) is 6.54 Å². The van der Waals surface area contributed by atoms with Crippen LogP contribution in [0.25, 0.3) is 0 Å². The Labute approximate surface area is 165 Å². The van der Waals surface area contributed by atoms with Crippen LogP contribution in [-0.4, -0.2) is 49.5 Å². The van der Waals surface area contributed by atoms with Crippen molar-refractivity contribution in [1.82, 2.24) is 15.2 Å². The molecule has 0 atom stereocenters. The molecule has 1 N–H and O–H groups in total. The van der Waals surface area contributed by atoms with Crippen LogP contribution in [0.15, 0.2) is 36.5 Å². The van der Waals surface area contributed by atoms with Crippen molar-refractivity contribution in [2.75, 3.05) is 27.8 Å². The number of nitrogens with one attached hydrogen (secondary N) is 1. The number of unbranched alkanes of at least 4 members (excludes halogenated alkanes) is 1. The van der Waals surface area contributed by atoms with E-state index in [0.717, 1.165) is 18.4 Å². The summed E-state index contributed by atoms with van der Waals surface area (Å²) in [6.07, 6.45) is 3.41. The van der Waals surface area contributed by atoms with Gasteiger partial charge in [0.05, 0.1) is 14.2 Å². The van der Waals surface area contributed by atoms with Crippen LogP contribution in [0.2, 0.25) is 0 Å². The summed E-state index contributed by atoms with van der Waals surface area (Å²) in [5, 5.41) is 2.85. The predicted octanol–water partition coefficient (Wildman–Crippen LogP) is 2.90. The number of methoxy groups -OCH3 is 2. The van der Waals surface area contributed by atoms with Crippen molar-refractivity contribution >= 4 is 11.8 Å². The minimum atomic E-state index is -0.276. The Balaban J connectivity index is 2.04. The summed E-state index contributed by atoms with van der Waals surface area (Å²) in [6, 6.07) is 8.56. The van der Waals surface area contributed by atoms with Gasteiger partial charge in [-0.1, -0.05) is 19.4 Å². The first kappa shape index (κ1) is 21.2. The van der Waals surface area contributed by atoms with Gasteiger partial charge in [0, 0.05) is 31.9 Å². The largest absolute Gasteiger partial charge is 0.493 e. The highest BCUT2D eigenvalue weighted by molar-refractivity contribution is 5.98. The van der Waals surface area contributed by atoms with E-state index in [1.54, 1.807) is 38.3 Å². The van der Waals surface area contributed by atoms with E-state index in [2.05, 4.69) is 17.2 Å². The predicted molar refractivity (Wildman–Crippen MR) is 107 cm³/mol. The fourth-order valence-corrected chi connectivity index (χ4v) is 2.66. The van der Waals surface area contributed by atoms with Gasteiger partial charge in [-0.3, -0.25) is 14.6 Å². The zero-order chi connectivity index (χ0) is 20.5. The Morgan fingerprint density at radius 2 is 1.86 bits per heavy atom. The van der Waals surface area contributed by atoms with Gasteiger partial charge in [-0.25, -0.2) is 0 Å². The summed E-state index contributed by atoms with van der Waals surface area (Å²) in [5.41, 5.74) is 1.52. The summed E-state index contributed by atoms with van der Waals surface area (Å²) in [4.78, 5) is 30.7. The minimum absolute atomic E-state index is 0.192. The van der Waals surface area contributed by atoms with Gasteiger partial charge in [-0.05, 0) is 36.2 Å². The van der Waals surface area contributed by atoms with Gasteiger partial charge in [0.2, 0.25) is 0 Å². The van der Waals surface area contributed by atoms with E-state index in [4.69, 9.17) is 9.47 Å². The first-order chi connectivity index (χ1) is 13.5. The third-order valence-electron chi connectivity index (χ3n) is 4.34. The van der Waals surface area contributed by atoms with Crippen molar-refractivity contribution in [2.45, 2.75) is 26.3 Å². The number of pyridine rings is 1. The zero-order valence-electron chi connectivity index (χ0n) is 16.8. The number of ether oxygens (including phenoxy) is 2. The van der Waals surface area contributed by atoms with Crippen LogP contribution in [0.4, 0.5) is 0 Å². The number of benzene rings is 1. The number of nitrogens with zero attached hydrogens (tertiary/aromatic N) is 2. The minimum Gasteiger partial charge on any atom is -0.493 e.